The molecule has 1 N–H and O–H groups in total. The molecule has 3 fully saturated rings. The molecule has 34 heavy (non-hydrogen) atoms. The number of halogens is 1. The van der Waals surface area contributed by atoms with Gasteiger partial charge < -0.3 is 19.7 Å². The van der Waals surface area contributed by atoms with Crippen molar-refractivity contribution < 1.29 is 23.5 Å². The van der Waals surface area contributed by atoms with E-state index >= 15 is 0 Å². The van der Waals surface area contributed by atoms with Crippen LogP contribution in [0.5, 0.6) is 5.75 Å². The molecule has 2 amide bonds. The second kappa shape index (κ2) is 8.69. The number of alkyl halides is 1. The van der Waals surface area contributed by atoms with Gasteiger partial charge in [0.05, 0.1) is 17.5 Å². The van der Waals surface area contributed by atoms with Crippen LogP contribution >= 0.6 is 0 Å². The van der Waals surface area contributed by atoms with Crippen LogP contribution in [0.1, 0.15) is 24.8 Å². The number of benzene rings is 1. The molecule has 8 nitrogen and oxygen atoms in total. The summed E-state index contributed by atoms with van der Waals surface area (Å²) < 4.78 is 25.4. The highest BCUT2D eigenvalue weighted by Gasteiger charge is 2.74. The van der Waals surface area contributed by atoms with Gasteiger partial charge in [-0.3, -0.25) is 9.59 Å². The molecule has 5 rings (SSSR count). The van der Waals surface area contributed by atoms with Crippen molar-refractivity contribution in [3.8, 4) is 22.9 Å². The topological polar surface area (TPSA) is 105 Å². The Morgan fingerprint density at radius 1 is 1.29 bits per heavy atom. The van der Waals surface area contributed by atoms with E-state index in [1.165, 1.54) is 12.0 Å². The first-order valence-corrected chi connectivity index (χ1v) is 11.3. The number of amides is 2. The van der Waals surface area contributed by atoms with Crippen LogP contribution in [0.2, 0.25) is 0 Å². The van der Waals surface area contributed by atoms with Gasteiger partial charge in [-0.15, -0.1) is 0 Å². The van der Waals surface area contributed by atoms with Gasteiger partial charge in [0.15, 0.2) is 6.17 Å². The van der Waals surface area contributed by atoms with Crippen LogP contribution < -0.4 is 10.1 Å². The highest BCUT2D eigenvalue weighted by atomic mass is 19.1. The maximum absolute atomic E-state index is 14.7. The van der Waals surface area contributed by atoms with Crippen LogP contribution in [0.4, 0.5) is 10.2 Å². The fraction of sp³-hybridized carbons (Fsp3) is 0.440. The van der Waals surface area contributed by atoms with E-state index in [4.69, 9.17) is 9.47 Å². The first-order valence-electron chi connectivity index (χ1n) is 11.3. The molecule has 2 heterocycles. The molecule has 1 aromatic heterocycles. The number of nitrogens with zero attached hydrogens (tertiary/aromatic N) is 3. The number of nitrogens with one attached hydrogen (secondary N) is 1. The summed E-state index contributed by atoms with van der Waals surface area (Å²) in [4.78, 5) is 30.0. The molecule has 2 aliphatic carbocycles. The van der Waals surface area contributed by atoms with Gasteiger partial charge in [0, 0.05) is 26.3 Å². The highest BCUT2D eigenvalue weighted by Crippen LogP contribution is 2.75. The van der Waals surface area contributed by atoms with Gasteiger partial charge in [-0.25, -0.2) is 9.37 Å². The van der Waals surface area contributed by atoms with Gasteiger partial charge in [-0.1, -0.05) is 6.07 Å². The average molecular weight is 464 g/mol. The number of carbonyl (C=O) groups is 2. The molecule has 2 saturated carbocycles. The Bertz CT molecular complexity index is 1170. The molecule has 3 aliphatic rings. The third-order valence-electron chi connectivity index (χ3n) is 6.95. The summed E-state index contributed by atoms with van der Waals surface area (Å²) in [5.41, 5.74) is 1.68. The van der Waals surface area contributed by atoms with Crippen molar-refractivity contribution in [3.63, 3.8) is 0 Å². The monoisotopic (exact) mass is 464 g/mol. The van der Waals surface area contributed by atoms with Crippen LogP contribution in [-0.2, 0) is 14.3 Å². The first kappa shape index (κ1) is 22.3. The number of pyridine rings is 1. The van der Waals surface area contributed by atoms with E-state index in [2.05, 4.69) is 16.4 Å². The predicted octanol–water partition coefficient (Wildman–Crippen LogP) is 2.93. The number of rotatable bonds is 7. The Kier molecular flexibility index (Phi) is 5.70. The molecular formula is C25H25FN4O4. The van der Waals surface area contributed by atoms with Crippen molar-refractivity contribution in [1.82, 2.24) is 9.88 Å². The molecular weight excluding hydrogens is 439 g/mol. The standard InChI is InChI=1S/C25H25FN4O4/c1-33-14-23(31)30-7-5-21(19(26)13-30)34-20-3-2-15(8-17(20)12-27)16-4-6-28-22(9-16)29-24(32)25-10-18(25)11-25/h2-4,6,8-9,18-19,21H,5,7,10-11,13-14H2,1H3,(H,28,29,32)/t18-,19-,21+,25-/m1/s1. The molecule has 2 aromatic rings. The van der Waals surface area contributed by atoms with Crippen LogP contribution in [0.25, 0.3) is 11.1 Å². The lowest BCUT2D eigenvalue weighted by Crippen LogP contribution is -2.50. The Labute approximate surface area is 196 Å². The maximum Gasteiger partial charge on any atom is 0.248 e. The molecule has 1 aromatic carbocycles. The molecule has 176 valence electrons. The SMILES string of the molecule is COCC(=O)N1CC[C@H](Oc2ccc(-c3ccnc(NC(=O)[C@]45C[C@H]4C5)c3)cc2C#N)[C@H](F)C1. The molecule has 1 saturated heterocycles. The fourth-order valence-corrected chi connectivity index (χ4v) is 4.51. The zero-order valence-corrected chi connectivity index (χ0v) is 18.8. The molecule has 0 radical (unpaired) electrons. The van der Waals surface area contributed by atoms with E-state index in [9.17, 15) is 19.2 Å². The fourth-order valence-electron chi connectivity index (χ4n) is 4.51. The normalized spacial score (nSPS) is 26.7. The third kappa shape index (κ3) is 4.21. The summed E-state index contributed by atoms with van der Waals surface area (Å²) in [5, 5.41) is 12.6. The zero-order chi connectivity index (χ0) is 23.9. The lowest BCUT2D eigenvalue weighted by atomic mass is 10.0. The van der Waals surface area contributed by atoms with E-state index in [0.717, 1.165) is 24.0 Å². The number of ether oxygens (including phenoxy) is 2. The minimum absolute atomic E-state index is 0.0272. The summed E-state index contributed by atoms with van der Waals surface area (Å²) in [6, 6.07) is 10.8. The Hall–Kier alpha value is -3.51. The van der Waals surface area contributed by atoms with Crippen molar-refractivity contribution >= 4 is 17.6 Å². The summed E-state index contributed by atoms with van der Waals surface area (Å²) in [6.45, 7) is 0.210. The number of carbonyl (C=O) groups excluding carboxylic acids is 2. The van der Waals surface area contributed by atoms with E-state index in [-0.39, 0.29) is 35.9 Å². The Morgan fingerprint density at radius 3 is 2.74 bits per heavy atom. The predicted molar refractivity (Wildman–Crippen MR) is 121 cm³/mol. The second-order valence-corrected chi connectivity index (χ2v) is 9.20. The molecule has 9 heteroatoms. The van der Waals surface area contributed by atoms with Crippen LogP contribution in [0.3, 0.4) is 0 Å². The largest absolute Gasteiger partial charge is 0.486 e. The zero-order valence-electron chi connectivity index (χ0n) is 18.8. The van der Waals surface area contributed by atoms with Crippen LogP contribution in [0.15, 0.2) is 36.5 Å². The van der Waals surface area contributed by atoms with Crippen LogP contribution in [-0.4, -0.2) is 60.8 Å². The number of fused-ring (bicyclic) bond motifs is 1. The van der Waals surface area contributed by atoms with Crippen molar-refractivity contribution in [1.29, 1.82) is 5.26 Å². The van der Waals surface area contributed by atoms with Crippen molar-refractivity contribution in [2.75, 3.05) is 32.1 Å². The second-order valence-electron chi connectivity index (χ2n) is 9.20. The van der Waals surface area contributed by atoms with Gasteiger partial charge in [0.2, 0.25) is 11.8 Å². The lowest BCUT2D eigenvalue weighted by molar-refractivity contribution is -0.139. The summed E-state index contributed by atoms with van der Waals surface area (Å²) in [6.07, 6.45) is 1.74. The number of nitriles is 1. The van der Waals surface area contributed by atoms with E-state index < -0.39 is 12.3 Å². The molecule has 0 spiro atoms. The summed E-state index contributed by atoms with van der Waals surface area (Å²) >= 11 is 0. The number of hydrogen-bond donors (Lipinski definition) is 1. The van der Waals surface area contributed by atoms with E-state index in [1.54, 1.807) is 36.5 Å². The van der Waals surface area contributed by atoms with Gasteiger partial charge in [0.25, 0.3) is 0 Å². The molecule has 0 bridgehead atoms. The molecule has 0 unspecified atom stereocenters. The van der Waals surface area contributed by atoms with E-state index in [1.807, 2.05) is 0 Å². The third-order valence-corrected chi connectivity index (χ3v) is 6.95. The number of aromatic nitrogens is 1. The average Bonchev–Trinajstić information content (AvgIpc) is 3.72. The summed E-state index contributed by atoms with van der Waals surface area (Å²) in [7, 11) is 1.42. The number of piperidine rings is 1. The van der Waals surface area contributed by atoms with E-state index in [0.29, 0.717) is 30.5 Å². The minimum atomic E-state index is -1.37. The maximum atomic E-state index is 14.7. The van der Waals surface area contributed by atoms with Gasteiger partial charge >= 0.3 is 0 Å². The Balaban J connectivity index is 1.27. The first-order chi connectivity index (χ1) is 16.4. The van der Waals surface area contributed by atoms with Crippen molar-refractivity contribution in [3.05, 3.63) is 42.1 Å². The van der Waals surface area contributed by atoms with Crippen molar-refractivity contribution in [2.45, 2.75) is 31.5 Å². The van der Waals surface area contributed by atoms with Crippen LogP contribution in [0, 0.1) is 22.7 Å². The number of likely N-dealkylation sites (tertiary alicyclic amines) is 1. The lowest BCUT2D eigenvalue weighted by Gasteiger charge is -2.34. The van der Waals surface area contributed by atoms with Crippen molar-refractivity contribution in [2.24, 2.45) is 11.3 Å². The van der Waals surface area contributed by atoms with Gasteiger partial charge in [0.1, 0.15) is 30.3 Å². The van der Waals surface area contributed by atoms with Gasteiger partial charge in [-0.05, 0) is 54.2 Å². The van der Waals surface area contributed by atoms with Gasteiger partial charge in [-0.2, -0.15) is 5.26 Å². The quantitative estimate of drug-likeness (QED) is 0.676. The molecule has 1 aliphatic heterocycles. The number of anilines is 1. The smallest absolute Gasteiger partial charge is 0.248 e. The number of methoxy groups -OCH3 is 1. The minimum Gasteiger partial charge on any atom is -0.486 e. The number of hydrogen-bond acceptors (Lipinski definition) is 6. The summed E-state index contributed by atoms with van der Waals surface area (Å²) in [5.74, 6) is 1.09. The molecule has 2 atom stereocenters. The Morgan fingerprint density at radius 2 is 2.06 bits per heavy atom. The highest BCUT2D eigenvalue weighted by molar-refractivity contribution is 6.00.